The maximum Gasteiger partial charge on any atom is 0.227 e. The summed E-state index contributed by atoms with van der Waals surface area (Å²) in [7, 11) is -3.48. The summed E-state index contributed by atoms with van der Waals surface area (Å²) >= 11 is 0. The smallest absolute Gasteiger partial charge is 0.227 e. The number of terminal acetylenes is 1. The molecule has 0 N–H and O–H groups in total. The van der Waals surface area contributed by atoms with Crippen molar-refractivity contribution in [3.05, 3.63) is 0 Å². The van der Waals surface area contributed by atoms with Gasteiger partial charge < -0.3 is 4.90 Å². The summed E-state index contributed by atoms with van der Waals surface area (Å²) < 4.78 is 26.7. The van der Waals surface area contributed by atoms with Gasteiger partial charge in [0.25, 0.3) is 0 Å². The highest BCUT2D eigenvalue weighted by atomic mass is 32.2. The number of hydrogen-bond acceptors (Lipinski definition) is 7. The summed E-state index contributed by atoms with van der Waals surface area (Å²) in [6.45, 7) is 12.4. The van der Waals surface area contributed by atoms with Gasteiger partial charge in [-0.05, 0) is 92.8 Å². The monoisotopic (exact) mass is 781 g/mol. The first-order valence-electron chi connectivity index (χ1n) is 21.9. The highest BCUT2D eigenvalue weighted by molar-refractivity contribution is 7.92. The number of ketones is 4. The first-order chi connectivity index (χ1) is 25.8. The van der Waals surface area contributed by atoms with Crippen molar-refractivity contribution < 1.29 is 32.4 Å². The topological polar surface area (TPSA) is 123 Å². The summed E-state index contributed by atoms with van der Waals surface area (Å²) in [5.41, 5.74) is -1.16. The zero-order valence-corrected chi connectivity index (χ0v) is 35.8. The third kappa shape index (κ3) is 9.52. The first kappa shape index (κ1) is 43.8. The second-order valence-electron chi connectivity index (χ2n) is 20.3. The fourth-order valence-electron chi connectivity index (χ4n) is 11.1. The lowest BCUT2D eigenvalue weighted by molar-refractivity contribution is -0.150. The Kier molecular flexibility index (Phi) is 13.7. The minimum Gasteiger partial charge on any atom is -0.332 e. The van der Waals surface area contributed by atoms with Crippen LogP contribution in [-0.2, 0) is 33.8 Å². The van der Waals surface area contributed by atoms with E-state index in [1.807, 2.05) is 6.92 Å². The maximum atomic E-state index is 15.1. The van der Waals surface area contributed by atoms with Crippen molar-refractivity contribution in [3.8, 4) is 12.3 Å². The van der Waals surface area contributed by atoms with Crippen LogP contribution in [0.4, 0.5) is 0 Å². The largest absolute Gasteiger partial charge is 0.332 e. The van der Waals surface area contributed by atoms with Crippen LogP contribution in [0.2, 0.25) is 0 Å². The predicted octanol–water partition coefficient (Wildman–Crippen LogP) is 8.67. The normalized spacial score (nSPS) is 26.9. The molecule has 1 saturated heterocycles. The van der Waals surface area contributed by atoms with Crippen LogP contribution in [0.25, 0.3) is 0 Å². The highest BCUT2D eigenvalue weighted by Gasteiger charge is 2.69. The van der Waals surface area contributed by atoms with E-state index in [4.69, 9.17) is 6.42 Å². The van der Waals surface area contributed by atoms with E-state index in [0.717, 1.165) is 70.6 Å². The average Bonchev–Trinajstić information content (AvgIpc) is 3.41. The number of amides is 1. The molecule has 55 heavy (non-hydrogen) atoms. The zero-order valence-electron chi connectivity index (χ0n) is 35.0. The van der Waals surface area contributed by atoms with Crippen molar-refractivity contribution >= 4 is 38.9 Å². The minimum atomic E-state index is -3.48. The second kappa shape index (κ2) is 17.3. The summed E-state index contributed by atoms with van der Waals surface area (Å²) in [5, 5.41) is 0. The molecule has 5 fully saturated rings. The lowest BCUT2D eigenvalue weighted by Crippen LogP contribution is -2.52. The Hall–Kier alpha value is -2.34. The molecule has 5 atom stereocenters. The Bertz CT molecular complexity index is 1600. The van der Waals surface area contributed by atoms with Crippen LogP contribution < -0.4 is 0 Å². The van der Waals surface area contributed by atoms with Crippen LogP contribution in [0.1, 0.15) is 176 Å². The molecule has 8 nitrogen and oxygen atoms in total. The molecule has 4 aliphatic carbocycles. The standard InChI is InChI=1S/C46H71NO7S/c1-8-10-13-21-37(49)41(51)33(26-32-19-18-20-32)27-38(50)40-39-36(44(39,5)6)30-47(40)42(52)35(45(7)22-14-11-15-23-45)28-34(48)29-46(24-16-12-17-25-46)31-55(53,54)43(3,4)9-2/h1,32-33,35-36,39-40H,9-31H2,2-7H3/t33?,35-,36?,39+,40-/m1/s1. The van der Waals surface area contributed by atoms with Gasteiger partial charge in [-0.15, -0.1) is 12.3 Å². The van der Waals surface area contributed by atoms with Gasteiger partial charge in [-0.25, -0.2) is 8.42 Å². The van der Waals surface area contributed by atoms with Gasteiger partial charge in [-0.1, -0.05) is 85.5 Å². The number of likely N-dealkylation sites (tertiary alicyclic amines) is 1. The van der Waals surface area contributed by atoms with Crippen molar-refractivity contribution in [2.75, 3.05) is 12.3 Å². The number of Topliss-reactive ketones (excluding diaryl/α,β-unsaturated/α-hetero) is 4. The van der Waals surface area contributed by atoms with Gasteiger partial charge in [0.05, 0.1) is 22.5 Å². The van der Waals surface area contributed by atoms with Crippen LogP contribution >= 0.6 is 0 Å². The van der Waals surface area contributed by atoms with Crippen molar-refractivity contribution in [3.63, 3.8) is 0 Å². The molecule has 0 aromatic rings. The van der Waals surface area contributed by atoms with E-state index < -0.39 is 54.9 Å². The van der Waals surface area contributed by atoms with E-state index in [9.17, 15) is 27.6 Å². The molecule has 1 aliphatic heterocycles. The molecular weight excluding hydrogens is 711 g/mol. The SMILES string of the molecule is C#CCCCC(=O)C(=O)C(CC(=O)[C@@H]1[C@@H]2C(CN1C(=O)[C@@H](CC(=O)CC1(CS(=O)(=O)C(C)(C)CC)CCCCC1)C1(C)CCCCC1)C2(C)C)CC1CCC1. The Balaban J connectivity index is 1.40. The molecule has 0 bridgehead atoms. The Morgan fingerprint density at radius 1 is 0.891 bits per heavy atom. The van der Waals surface area contributed by atoms with E-state index >= 15 is 4.79 Å². The van der Waals surface area contributed by atoms with E-state index in [1.54, 1.807) is 18.7 Å². The minimum absolute atomic E-state index is 0.00321. The Morgan fingerprint density at radius 3 is 2.07 bits per heavy atom. The molecule has 308 valence electrons. The number of fused-ring (bicyclic) bond motifs is 1. The number of rotatable bonds is 20. The van der Waals surface area contributed by atoms with Gasteiger partial charge in [0, 0.05) is 44.6 Å². The van der Waals surface area contributed by atoms with Crippen LogP contribution in [0.5, 0.6) is 0 Å². The van der Waals surface area contributed by atoms with Crippen LogP contribution in [-0.4, -0.2) is 65.4 Å². The van der Waals surface area contributed by atoms with Crippen molar-refractivity contribution in [1.82, 2.24) is 4.90 Å². The van der Waals surface area contributed by atoms with Gasteiger partial charge in [-0.2, -0.15) is 0 Å². The van der Waals surface area contributed by atoms with Crippen LogP contribution in [0, 0.1) is 58.2 Å². The van der Waals surface area contributed by atoms with Gasteiger partial charge >= 0.3 is 0 Å². The molecule has 5 aliphatic rings. The molecule has 4 saturated carbocycles. The highest BCUT2D eigenvalue weighted by Crippen LogP contribution is 2.65. The third-order valence-electron chi connectivity index (χ3n) is 15.7. The van der Waals surface area contributed by atoms with Crippen molar-refractivity contribution in [2.45, 2.75) is 187 Å². The fourth-order valence-corrected chi connectivity index (χ4v) is 13.1. The fraction of sp³-hybridized carbons (Fsp3) is 0.848. The molecule has 1 heterocycles. The lowest BCUT2D eigenvalue weighted by Gasteiger charge is -2.44. The van der Waals surface area contributed by atoms with E-state index in [-0.39, 0.29) is 66.2 Å². The van der Waals surface area contributed by atoms with Gasteiger partial charge in [0.2, 0.25) is 11.7 Å². The van der Waals surface area contributed by atoms with Gasteiger partial charge in [0.15, 0.2) is 21.4 Å². The average molecular weight is 782 g/mol. The molecule has 9 heteroatoms. The summed E-state index contributed by atoms with van der Waals surface area (Å²) in [6.07, 6.45) is 19.5. The lowest BCUT2D eigenvalue weighted by atomic mass is 9.64. The van der Waals surface area contributed by atoms with Crippen molar-refractivity contribution in [2.24, 2.45) is 45.8 Å². The van der Waals surface area contributed by atoms with E-state index in [2.05, 4.69) is 26.7 Å². The third-order valence-corrected chi connectivity index (χ3v) is 18.7. The number of piperidine rings is 1. The summed E-state index contributed by atoms with van der Waals surface area (Å²) in [4.78, 5) is 72.6. The predicted molar refractivity (Wildman–Crippen MR) is 217 cm³/mol. The van der Waals surface area contributed by atoms with Crippen molar-refractivity contribution in [1.29, 1.82) is 0 Å². The quantitative estimate of drug-likeness (QED) is 0.0688. The molecule has 0 aromatic heterocycles. The maximum absolute atomic E-state index is 15.1. The molecule has 0 aromatic carbocycles. The number of unbranched alkanes of at least 4 members (excludes halogenated alkanes) is 1. The Labute approximate surface area is 332 Å². The van der Waals surface area contributed by atoms with Crippen LogP contribution in [0.15, 0.2) is 0 Å². The molecular formula is C46H71NO7S. The summed E-state index contributed by atoms with van der Waals surface area (Å²) in [5.74, 6) is 0.440. The van der Waals surface area contributed by atoms with Gasteiger partial charge in [-0.3, -0.25) is 24.0 Å². The Morgan fingerprint density at radius 2 is 1.51 bits per heavy atom. The second-order valence-corrected chi connectivity index (χ2v) is 22.9. The molecule has 0 spiro atoms. The van der Waals surface area contributed by atoms with Crippen LogP contribution in [0.3, 0.4) is 0 Å². The number of nitrogens with zero attached hydrogens (tertiary/aromatic N) is 1. The number of sulfone groups is 1. The molecule has 1 amide bonds. The summed E-state index contributed by atoms with van der Waals surface area (Å²) in [6, 6.07) is -0.684. The number of carbonyl (C=O) groups excluding carboxylic acids is 5. The number of carbonyl (C=O) groups is 5. The molecule has 0 radical (unpaired) electrons. The molecule has 5 rings (SSSR count). The van der Waals surface area contributed by atoms with E-state index in [1.165, 1.54) is 0 Å². The molecule has 2 unspecified atom stereocenters. The first-order valence-corrected chi connectivity index (χ1v) is 23.5. The van der Waals surface area contributed by atoms with Gasteiger partial charge in [0.1, 0.15) is 5.78 Å². The zero-order chi connectivity index (χ0) is 40.4. The number of hydrogen-bond donors (Lipinski definition) is 0. The van der Waals surface area contributed by atoms with E-state index in [0.29, 0.717) is 51.0 Å².